The minimum Gasteiger partial charge on any atom is -0.461 e. The SMILES string of the molecule is NCCCC[C@H](N)C(=O)OC[C@@H]1C=C(c2ccc(-c3ccc(N4C[C@H](Cn5ccnn5)OC4=O)cc3F)cn2)NO1. The third-order valence-corrected chi connectivity index (χ3v) is 6.69. The molecule has 0 saturated carbocycles. The van der Waals surface area contributed by atoms with Crippen LogP contribution in [0.4, 0.5) is 14.9 Å². The summed E-state index contributed by atoms with van der Waals surface area (Å²) < 4.78 is 27.4. The van der Waals surface area contributed by atoms with Gasteiger partial charge in [0.15, 0.2) is 0 Å². The Kier molecular flexibility index (Phi) is 8.82. The van der Waals surface area contributed by atoms with Gasteiger partial charge in [0.1, 0.15) is 30.7 Å². The standard InChI is InChI=1S/C27H31FN8O5/c28-22-11-18(36-15-20(40-27(36)38)14-35-10-9-32-34-35)5-6-21(22)17-4-7-24(31-13-17)25-12-19(41-33-25)16-39-26(37)23(30)3-1-2-8-29/h4-7,9-13,19-20,23,33H,1-3,8,14-16,29-30H2/t19-,20-,23-/m0/s1. The van der Waals surface area contributed by atoms with E-state index in [-0.39, 0.29) is 13.2 Å². The minimum absolute atomic E-state index is 0.00131. The summed E-state index contributed by atoms with van der Waals surface area (Å²) in [6.07, 6.45) is 7.09. The predicted molar refractivity (Wildman–Crippen MR) is 145 cm³/mol. The third-order valence-electron chi connectivity index (χ3n) is 6.69. The summed E-state index contributed by atoms with van der Waals surface area (Å²) in [6.45, 7) is 1.17. The summed E-state index contributed by atoms with van der Waals surface area (Å²) in [5.41, 5.74) is 16.5. The topological polar surface area (TPSA) is 173 Å². The molecule has 0 unspecified atom stereocenters. The van der Waals surface area contributed by atoms with Crippen LogP contribution in [-0.4, -0.2) is 70.0 Å². The van der Waals surface area contributed by atoms with Crippen LogP contribution in [0.5, 0.6) is 0 Å². The Morgan fingerprint density at radius 1 is 1.27 bits per heavy atom. The van der Waals surface area contributed by atoms with Gasteiger partial charge in [-0.15, -0.1) is 5.10 Å². The molecular formula is C27H31FN8O5. The third kappa shape index (κ3) is 6.85. The van der Waals surface area contributed by atoms with Crippen molar-refractivity contribution in [2.24, 2.45) is 11.5 Å². The van der Waals surface area contributed by atoms with E-state index in [9.17, 15) is 9.59 Å². The number of aromatic nitrogens is 4. The number of anilines is 1. The van der Waals surface area contributed by atoms with Gasteiger partial charge in [-0.3, -0.25) is 25.0 Å². The van der Waals surface area contributed by atoms with Crippen LogP contribution in [-0.2, 0) is 25.7 Å². The fraction of sp³-hybridized carbons (Fsp3) is 0.370. The second-order valence-electron chi connectivity index (χ2n) is 9.70. The van der Waals surface area contributed by atoms with E-state index in [0.717, 1.165) is 12.8 Å². The molecule has 2 aliphatic rings. The number of unbranched alkanes of at least 4 members (excludes halogenated alkanes) is 1. The van der Waals surface area contributed by atoms with Crippen molar-refractivity contribution in [3.63, 3.8) is 0 Å². The highest BCUT2D eigenvalue weighted by molar-refractivity contribution is 5.90. The van der Waals surface area contributed by atoms with Gasteiger partial charge in [0.2, 0.25) is 0 Å². The number of carbonyl (C=O) groups is 2. The number of rotatable bonds is 12. The molecule has 14 heteroatoms. The predicted octanol–water partition coefficient (Wildman–Crippen LogP) is 1.75. The van der Waals surface area contributed by atoms with Crippen molar-refractivity contribution in [3.05, 3.63) is 66.5 Å². The molecule has 216 valence electrons. The average molecular weight is 567 g/mol. The lowest BCUT2D eigenvalue weighted by Crippen LogP contribution is -2.34. The molecule has 41 heavy (non-hydrogen) atoms. The maximum Gasteiger partial charge on any atom is 0.414 e. The van der Waals surface area contributed by atoms with Crippen LogP contribution in [0.25, 0.3) is 16.8 Å². The van der Waals surface area contributed by atoms with E-state index in [0.29, 0.717) is 47.7 Å². The molecule has 0 spiro atoms. The van der Waals surface area contributed by atoms with E-state index in [1.165, 1.54) is 11.0 Å². The number of nitrogens with zero attached hydrogens (tertiary/aromatic N) is 5. The van der Waals surface area contributed by atoms with Gasteiger partial charge in [0.25, 0.3) is 0 Å². The largest absolute Gasteiger partial charge is 0.461 e. The van der Waals surface area contributed by atoms with Gasteiger partial charge in [-0.25, -0.2) is 13.9 Å². The first-order valence-corrected chi connectivity index (χ1v) is 13.3. The first-order chi connectivity index (χ1) is 19.9. The van der Waals surface area contributed by atoms with Crippen LogP contribution in [0, 0.1) is 5.82 Å². The van der Waals surface area contributed by atoms with Gasteiger partial charge in [0.05, 0.1) is 36.4 Å². The van der Waals surface area contributed by atoms with E-state index in [1.807, 2.05) is 0 Å². The maximum atomic E-state index is 15.1. The molecule has 2 aliphatic heterocycles. The fourth-order valence-electron chi connectivity index (χ4n) is 4.50. The van der Waals surface area contributed by atoms with Gasteiger partial charge in [0, 0.05) is 23.5 Å². The van der Waals surface area contributed by atoms with E-state index in [1.54, 1.807) is 53.6 Å². The number of nitrogens with two attached hydrogens (primary N) is 2. The second kappa shape index (κ2) is 12.8. The Labute approximate surface area is 235 Å². The van der Waals surface area contributed by atoms with Crippen molar-refractivity contribution in [1.82, 2.24) is 25.5 Å². The van der Waals surface area contributed by atoms with Crippen molar-refractivity contribution in [1.29, 1.82) is 0 Å². The zero-order valence-corrected chi connectivity index (χ0v) is 22.2. The highest BCUT2D eigenvalue weighted by Gasteiger charge is 2.33. The molecule has 3 atom stereocenters. The Morgan fingerprint density at radius 2 is 2.15 bits per heavy atom. The lowest BCUT2D eigenvalue weighted by atomic mass is 10.1. The van der Waals surface area contributed by atoms with Gasteiger partial charge in [-0.05, 0) is 49.7 Å². The van der Waals surface area contributed by atoms with Crippen LogP contribution in [0.2, 0.25) is 0 Å². The molecule has 2 aromatic heterocycles. The quantitative estimate of drug-likeness (QED) is 0.215. The van der Waals surface area contributed by atoms with Gasteiger partial charge >= 0.3 is 12.1 Å². The Bertz CT molecular complexity index is 1380. The van der Waals surface area contributed by atoms with Gasteiger partial charge in [-0.1, -0.05) is 17.7 Å². The van der Waals surface area contributed by atoms with Crippen LogP contribution in [0.1, 0.15) is 25.0 Å². The molecule has 3 aromatic rings. The number of cyclic esters (lactones) is 1. The summed E-state index contributed by atoms with van der Waals surface area (Å²) in [5, 5.41) is 7.62. The second-order valence-corrected chi connectivity index (χ2v) is 9.70. The Balaban J connectivity index is 1.17. The number of halogens is 1. The van der Waals surface area contributed by atoms with Crippen molar-refractivity contribution in [3.8, 4) is 11.1 Å². The van der Waals surface area contributed by atoms with Gasteiger partial charge < -0.3 is 20.9 Å². The molecule has 1 aromatic carbocycles. The highest BCUT2D eigenvalue weighted by Crippen LogP contribution is 2.30. The molecule has 1 fully saturated rings. The molecule has 4 heterocycles. The normalized spacial score (nSPS) is 19.0. The summed E-state index contributed by atoms with van der Waals surface area (Å²) in [5.74, 6) is -0.995. The molecule has 5 rings (SSSR count). The molecule has 0 bridgehead atoms. The highest BCUT2D eigenvalue weighted by atomic mass is 19.1. The lowest BCUT2D eigenvalue weighted by molar-refractivity contribution is -0.149. The summed E-state index contributed by atoms with van der Waals surface area (Å²) >= 11 is 0. The zero-order chi connectivity index (χ0) is 28.8. The van der Waals surface area contributed by atoms with Crippen molar-refractivity contribution >= 4 is 23.4 Å². The van der Waals surface area contributed by atoms with E-state index in [4.69, 9.17) is 25.8 Å². The number of pyridine rings is 1. The number of carbonyl (C=O) groups excluding carboxylic acids is 2. The average Bonchev–Trinajstić information content (AvgIpc) is 3.74. The lowest BCUT2D eigenvalue weighted by Gasteiger charge is -2.14. The molecule has 1 amide bonds. The van der Waals surface area contributed by atoms with E-state index >= 15 is 4.39 Å². The number of hydroxylamine groups is 1. The van der Waals surface area contributed by atoms with Crippen molar-refractivity contribution in [2.75, 3.05) is 24.6 Å². The monoisotopic (exact) mass is 566 g/mol. The van der Waals surface area contributed by atoms with Crippen LogP contribution in [0.3, 0.4) is 0 Å². The number of benzene rings is 1. The summed E-state index contributed by atoms with van der Waals surface area (Å²) in [4.78, 5) is 35.7. The number of amides is 1. The molecular weight excluding hydrogens is 535 g/mol. The van der Waals surface area contributed by atoms with Crippen molar-refractivity contribution in [2.45, 2.75) is 44.1 Å². The number of ether oxygens (including phenoxy) is 2. The zero-order valence-electron chi connectivity index (χ0n) is 22.2. The number of esters is 1. The van der Waals surface area contributed by atoms with E-state index < -0.39 is 36.1 Å². The van der Waals surface area contributed by atoms with E-state index in [2.05, 4.69) is 20.8 Å². The minimum atomic E-state index is -0.699. The van der Waals surface area contributed by atoms with Crippen LogP contribution < -0.4 is 21.8 Å². The number of nitrogens with one attached hydrogen (secondary N) is 1. The van der Waals surface area contributed by atoms with Gasteiger partial charge in [-0.2, -0.15) is 0 Å². The smallest absolute Gasteiger partial charge is 0.414 e. The number of hydrogen-bond donors (Lipinski definition) is 3. The Morgan fingerprint density at radius 3 is 2.88 bits per heavy atom. The number of hydrogen-bond acceptors (Lipinski definition) is 11. The van der Waals surface area contributed by atoms with Crippen LogP contribution >= 0.6 is 0 Å². The molecule has 1 saturated heterocycles. The molecule has 13 nitrogen and oxygen atoms in total. The van der Waals surface area contributed by atoms with Crippen molar-refractivity contribution < 1.29 is 28.3 Å². The Hall–Kier alpha value is -4.40. The molecule has 0 aliphatic carbocycles. The molecule has 0 radical (unpaired) electrons. The van der Waals surface area contributed by atoms with Crippen LogP contribution in [0.15, 0.2) is 55.0 Å². The summed E-state index contributed by atoms with van der Waals surface area (Å²) in [7, 11) is 0. The summed E-state index contributed by atoms with van der Waals surface area (Å²) in [6, 6.07) is 7.31. The first kappa shape index (κ1) is 28.1. The maximum absolute atomic E-state index is 15.1. The first-order valence-electron chi connectivity index (χ1n) is 13.3. The molecule has 5 N–H and O–H groups in total. The fourth-order valence-corrected chi connectivity index (χ4v) is 4.50.